The first-order valence-corrected chi connectivity index (χ1v) is 3.98. The Labute approximate surface area is 66.5 Å². The van der Waals surface area contributed by atoms with Gasteiger partial charge in [-0.2, -0.15) is 0 Å². The second-order valence-corrected chi connectivity index (χ2v) is 3.09. The van der Waals surface area contributed by atoms with Crippen molar-refractivity contribution >= 4 is 33.3 Å². The van der Waals surface area contributed by atoms with Gasteiger partial charge in [-0.1, -0.05) is 11.6 Å². The van der Waals surface area contributed by atoms with Crippen molar-refractivity contribution in [2.45, 2.75) is 0 Å². The summed E-state index contributed by atoms with van der Waals surface area (Å²) in [7, 11) is 0. The predicted molar refractivity (Wildman–Crippen MR) is 42.4 cm³/mol. The molecule has 0 aliphatic carbocycles. The summed E-state index contributed by atoms with van der Waals surface area (Å²) in [5.41, 5.74) is 0.911. The molecule has 0 N–H and O–H groups in total. The lowest BCUT2D eigenvalue weighted by Gasteiger charge is -1.86. The Bertz CT molecular complexity index is 357. The van der Waals surface area contributed by atoms with Crippen LogP contribution in [0, 0.1) is 0 Å². The van der Waals surface area contributed by atoms with Gasteiger partial charge >= 0.3 is 0 Å². The topological polar surface area (TPSA) is 25.8 Å². The third-order valence-corrected chi connectivity index (χ3v) is 2.12. The molecule has 0 spiro atoms. The lowest BCUT2D eigenvalue weighted by molar-refractivity contribution is 1.32. The van der Waals surface area contributed by atoms with Crippen LogP contribution in [0.15, 0.2) is 17.6 Å². The average molecular weight is 171 g/mol. The van der Waals surface area contributed by atoms with Gasteiger partial charge in [0.15, 0.2) is 0 Å². The maximum atomic E-state index is 5.61. The van der Waals surface area contributed by atoms with Crippen molar-refractivity contribution < 1.29 is 0 Å². The molecule has 50 valence electrons. The summed E-state index contributed by atoms with van der Waals surface area (Å²) in [5, 5.41) is 2.40. The quantitative estimate of drug-likeness (QED) is 0.607. The minimum atomic E-state index is 0.454. The Morgan fingerprint density at radius 3 is 3.30 bits per heavy atom. The number of aromatic nitrogens is 2. The van der Waals surface area contributed by atoms with Crippen LogP contribution in [0.5, 0.6) is 0 Å². The number of thiophene rings is 1. The summed E-state index contributed by atoms with van der Waals surface area (Å²) in [4.78, 5) is 9.01. The molecule has 10 heavy (non-hydrogen) atoms. The van der Waals surface area contributed by atoms with Crippen LogP contribution < -0.4 is 0 Å². The Morgan fingerprint density at radius 2 is 2.40 bits per heavy atom. The van der Waals surface area contributed by atoms with Gasteiger partial charge in [0.05, 0.1) is 11.7 Å². The fourth-order valence-corrected chi connectivity index (χ4v) is 1.63. The van der Waals surface area contributed by atoms with E-state index in [0.717, 1.165) is 10.3 Å². The van der Waals surface area contributed by atoms with Crippen molar-refractivity contribution in [3.8, 4) is 0 Å². The smallest absolute Gasteiger partial charge is 0.149 e. The van der Waals surface area contributed by atoms with Gasteiger partial charge in [-0.25, -0.2) is 4.98 Å². The van der Waals surface area contributed by atoms with E-state index in [-0.39, 0.29) is 0 Å². The van der Waals surface area contributed by atoms with Crippen molar-refractivity contribution in [2.24, 2.45) is 0 Å². The summed E-state index contributed by atoms with van der Waals surface area (Å²) in [6, 6.07) is 1.92. The van der Waals surface area contributed by atoms with E-state index in [1.807, 2.05) is 11.4 Å². The van der Waals surface area contributed by atoms with Crippen LogP contribution in [0.25, 0.3) is 10.3 Å². The van der Waals surface area contributed by atoms with E-state index < -0.39 is 0 Å². The van der Waals surface area contributed by atoms with Crippen molar-refractivity contribution in [3.63, 3.8) is 0 Å². The zero-order valence-electron chi connectivity index (χ0n) is 4.91. The van der Waals surface area contributed by atoms with E-state index in [1.54, 1.807) is 17.5 Å². The van der Waals surface area contributed by atoms with Crippen LogP contribution in [0.2, 0.25) is 5.15 Å². The van der Waals surface area contributed by atoms with Gasteiger partial charge in [0, 0.05) is 0 Å². The molecule has 0 saturated carbocycles. The zero-order chi connectivity index (χ0) is 6.97. The highest BCUT2D eigenvalue weighted by molar-refractivity contribution is 7.16. The van der Waals surface area contributed by atoms with Crippen LogP contribution >= 0.6 is 22.9 Å². The maximum absolute atomic E-state index is 5.61. The number of rotatable bonds is 0. The van der Waals surface area contributed by atoms with Crippen LogP contribution in [-0.4, -0.2) is 9.97 Å². The second kappa shape index (κ2) is 2.18. The average Bonchev–Trinajstić information content (AvgIpc) is 2.33. The lowest BCUT2D eigenvalue weighted by Crippen LogP contribution is -1.76. The molecule has 2 rings (SSSR count). The van der Waals surface area contributed by atoms with Crippen LogP contribution in [0.3, 0.4) is 0 Å². The monoisotopic (exact) mass is 170 g/mol. The molecule has 0 fully saturated rings. The SMILES string of the molecule is Clc1cnc2ccsc2n1. The van der Waals surface area contributed by atoms with Crippen molar-refractivity contribution in [2.75, 3.05) is 0 Å². The fourth-order valence-electron chi connectivity index (χ4n) is 0.725. The molecule has 0 aromatic carbocycles. The number of hydrogen-bond donors (Lipinski definition) is 0. The normalized spacial score (nSPS) is 10.5. The maximum Gasteiger partial charge on any atom is 0.149 e. The van der Waals surface area contributed by atoms with Crippen molar-refractivity contribution in [3.05, 3.63) is 22.8 Å². The summed E-state index contributed by atoms with van der Waals surface area (Å²) in [6.45, 7) is 0. The first-order valence-electron chi connectivity index (χ1n) is 2.72. The Kier molecular flexibility index (Phi) is 1.32. The van der Waals surface area contributed by atoms with Gasteiger partial charge in [-0.05, 0) is 11.4 Å². The van der Waals surface area contributed by atoms with Gasteiger partial charge in [-0.15, -0.1) is 11.3 Å². The van der Waals surface area contributed by atoms with Gasteiger partial charge < -0.3 is 0 Å². The van der Waals surface area contributed by atoms with Gasteiger partial charge in [0.2, 0.25) is 0 Å². The summed E-state index contributed by atoms with van der Waals surface area (Å²) >= 11 is 7.15. The number of halogens is 1. The number of hydrogen-bond acceptors (Lipinski definition) is 3. The molecule has 0 unspecified atom stereocenters. The zero-order valence-corrected chi connectivity index (χ0v) is 6.49. The Balaban J connectivity index is 2.86. The number of nitrogens with zero attached hydrogens (tertiary/aromatic N) is 2. The van der Waals surface area contributed by atoms with Gasteiger partial charge in [-0.3, -0.25) is 4.98 Å². The third-order valence-electron chi connectivity index (χ3n) is 1.14. The van der Waals surface area contributed by atoms with Crippen LogP contribution in [0.1, 0.15) is 0 Å². The fraction of sp³-hybridized carbons (Fsp3) is 0. The van der Waals surface area contributed by atoms with E-state index in [2.05, 4.69) is 9.97 Å². The standard InChI is InChI=1S/C6H3ClN2S/c7-5-3-8-4-1-2-10-6(4)9-5/h1-3H. The third kappa shape index (κ3) is 0.874. The summed E-state index contributed by atoms with van der Waals surface area (Å²) < 4.78 is 0. The molecule has 4 heteroatoms. The minimum Gasteiger partial charge on any atom is -0.250 e. The highest BCUT2D eigenvalue weighted by Gasteiger charge is 1.96. The molecule has 2 aromatic heterocycles. The highest BCUT2D eigenvalue weighted by atomic mass is 35.5. The Hall–Kier alpha value is -0.670. The van der Waals surface area contributed by atoms with E-state index >= 15 is 0 Å². The van der Waals surface area contributed by atoms with Gasteiger partial charge in [0.25, 0.3) is 0 Å². The minimum absolute atomic E-state index is 0.454. The molecule has 0 saturated heterocycles. The molecule has 0 aliphatic heterocycles. The van der Waals surface area contributed by atoms with E-state index in [4.69, 9.17) is 11.6 Å². The first-order chi connectivity index (χ1) is 4.86. The van der Waals surface area contributed by atoms with E-state index in [0.29, 0.717) is 5.15 Å². The second-order valence-electron chi connectivity index (χ2n) is 1.80. The van der Waals surface area contributed by atoms with Crippen LogP contribution in [0.4, 0.5) is 0 Å². The number of fused-ring (bicyclic) bond motifs is 1. The van der Waals surface area contributed by atoms with E-state index in [1.165, 1.54) is 0 Å². The summed E-state index contributed by atoms with van der Waals surface area (Å²) in [6.07, 6.45) is 1.55. The Morgan fingerprint density at radius 1 is 1.50 bits per heavy atom. The largest absolute Gasteiger partial charge is 0.250 e. The predicted octanol–water partition coefficient (Wildman–Crippen LogP) is 2.34. The summed E-state index contributed by atoms with van der Waals surface area (Å²) in [5.74, 6) is 0. The molecule has 0 bridgehead atoms. The van der Waals surface area contributed by atoms with E-state index in [9.17, 15) is 0 Å². The molecule has 2 heterocycles. The molecule has 0 atom stereocenters. The van der Waals surface area contributed by atoms with Gasteiger partial charge in [0.1, 0.15) is 9.98 Å². The lowest BCUT2D eigenvalue weighted by atomic mass is 10.5. The van der Waals surface area contributed by atoms with Crippen molar-refractivity contribution in [1.29, 1.82) is 0 Å². The molecular weight excluding hydrogens is 168 g/mol. The first kappa shape index (κ1) is 6.07. The molecule has 2 aromatic rings. The molecule has 0 amide bonds. The van der Waals surface area contributed by atoms with Crippen LogP contribution in [-0.2, 0) is 0 Å². The molecule has 0 aliphatic rings. The highest BCUT2D eigenvalue weighted by Crippen LogP contribution is 2.17. The van der Waals surface area contributed by atoms with Crippen molar-refractivity contribution in [1.82, 2.24) is 9.97 Å². The molecule has 2 nitrogen and oxygen atoms in total. The molecule has 0 radical (unpaired) electrons. The molecular formula is C6H3ClN2S.